The highest BCUT2D eigenvalue weighted by atomic mass is 35.5. The van der Waals surface area contributed by atoms with Gasteiger partial charge in [-0.2, -0.15) is 0 Å². The number of carbonyl (C=O) groups excluding carboxylic acids is 1. The first-order valence-electron chi connectivity index (χ1n) is 4.90. The number of halogens is 2. The van der Waals surface area contributed by atoms with E-state index in [-0.39, 0.29) is 11.7 Å². The predicted molar refractivity (Wildman–Crippen MR) is 63.2 cm³/mol. The van der Waals surface area contributed by atoms with Gasteiger partial charge in [-0.25, -0.2) is 4.39 Å². The Morgan fingerprint density at radius 3 is 2.81 bits per heavy atom. The van der Waals surface area contributed by atoms with Crippen LogP contribution in [0.15, 0.2) is 18.2 Å². The van der Waals surface area contributed by atoms with Gasteiger partial charge in [-0.15, -0.1) is 0 Å². The summed E-state index contributed by atoms with van der Waals surface area (Å²) in [4.78, 5) is 12.8. The summed E-state index contributed by atoms with van der Waals surface area (Å²) in [5.74, 6) is -0.342. The summed E-state index contributed by atoms with van der Waals surface area (Å²) in [5, 5.41) is 3.36. The average Bonchev–Trinajstić information content (AvgIpc) is 2.22. The number of rotatable bonds is 4. The molecule has 0 radical (unpaired) electrons. The largest absolute Gasteiger partial charge is 0.383 e. The first-order chi connectivity index (χ1) is 7.50. The molecule has 1 aromatic rings. The standard InChI is InChI=1S/C11H14ClFN2O/c1-15(2)11(16)5-6-14-10-7-8(13)3-4-9(10)12/h3-4,7,14H,5-6H2,1-2H3. The zero-order valence-corrected chi connectivity index (χ0v) is 10.0. The summed E-state index contributed by atoms with van der Waals surface area (Å²) in [6, 6.07) is 4.08. The Hall–Kier alpha value is -1.29. The molecule has 0 heterocycles. The molecular weight excluding hydrogens is 231 g/mol. The number of anilines is 1. The van der Waals surface area contributed by atoms with Gasteiger partial charge in [0.1, 0.15) is 5.82 Å². The van der Waals surface area contributed by atoms with E-state index in [0.717, 1.165) is 0 Å². The summed E-state index contributed by atoms with van der Waals surface area (Å²) < 4.78 is 12.9. The summed E-state index contributed by atoms with van der Waals surface area (Å²) >= 11 is 5.85. The molecule has 5 heteroatoms. The van der Waals surface area contributed by atoms with E-state index in [9.17, 15) is 9.18 Å². The van der Waals surface area contributed by atoms with Crippen molar-refractivity contribution in [3.63, 3.8) is 0 Å². The van der Waals surface area contributed by atoms with E-state index in [2.05, 4.69) is 5.32 Å². The molecule has 0 fully saturated rings. The van der Waals surface area contributed by atoms with Gasteiger partial charge in [0.25, 0.3) is 0 Å². The topological polar surface area (TPSA) is 32.3 Å². The van der Waals surface area contributed by atoms with Crippen molar-refractivity contribution >= 4 is 23.2 Å². The summed E-state index contributed by atoms with van der Waals surface area (Å²) in [6.45, 7) is 0.431. The second kappa shape index (κ2) is 5.70. The highest BCUT2D eigenvalue weighted by molar-refractivity contribution is 6.33. The van der Waals surface area contributed by atoms with Crippen LogP contribution in [0.25, 0.3) is 0 Å². The molecular formula is C11H14ClFN2O. The average molecular weight is 245 g/mol. The van der Waals surface area contributed by atoms with E-state index in [1.807, 2.05) is 0 Å². The molecule has 1 amide bonds. The minimum atomic E-state index is -0.356. The Morgan fingerprint density at radius 1 is 1.50 bits per heavy atom. The molecule has 16 heavy (non-hydrogen) atoms. The van der Waals surface area contributed by atoms with Crippen molar-refractivity contribution in [3.8, 4) is 0 Å². The van der Waals surface area contributed by atoms with Crippen LogP contribution in [-0.2, 0) is 4.79 Å². The SMILES string of the molecule is CN(C)C(=O)CCNc1cc(F)ccc1Cl. The first kappa shape index (κ1) is 12.8. The van der Waals surface area contributed by atoms with Gasteiger partial charge in [-0.3, -0.25) is 4.79 Å². The minimum absolute atomic E-state index is 0.0139. The third-order valence-corrected chi connectivity index (χ3v) is 2.41. The fraction of sp³-hybridized carbons (Fsp3) is 0.364. The van der Waals surface area contributed by atoms with Crippen LogP contribution in [0.4, 0.5) is 10.1 Å². The molecule has 1 N–H and O–H groups in total. The van der Waals surface area contributed by atoms with Gasteiger partial charge in [0.2, 0.25) is 5.91 Å². The fourth-order valence-electron chi connectivity index (χ4n) is 1.16. The lowest BCUT2D eigenvalue weighted by Crippen LogP contribution is -2.23. The number of carbonyl (C=O) groups is 1. The molecule has 0 saturated heterocycles. The lowest BCUT2D eigenvalue weighted by Gasteiger charge is -2.11. The number of hydrogen-bond donors (Lipinski definition) is 1. The number of benzene rings is 1. The molecule has 1 rings (SSSR count). The van der Waals surface area contributed by atoms with Crippen molar-refractivity contribution in [2.45, 2.75) is 6.42 Å². The van der Waals surface area contributed by atoms with Crippen LogP contribution in [0.1, 0.15) is 6.42 Å². The summed E-state index contributed by atoms with van der Waals surface area (Å²) in [7, 11) is 3.38. The van der Waals surface area contributed by atoms with Gasteiger partial charge in [0.15, 0.2) is 0 Å². The second-order valence-electron chi connectivity index (χ2n) is 3.59. The van der Waals surface area contributed by atoms with Gasteiger partial charge in [-0.05, 0) is 18.2 Å². The lowest BCUT2D eigenvalue weighted by atomic mass is 10.3. The Balaban J connectivity index is 2.49. The quantitative estimate of drug-likeness (QED) is 0.882. The van der Waals surface area contributed by atoms with Crippen LogP contribution < -0.4 is 5.32 Å². The Bertz CT molecular complexity index is 382. The molecule has 0 spiro atoms. The van der Waals surface area contributed by atoms with Crippen molar-refractivity contribution in [2.24, 2.45) is 0 Å². The lowest BCUT2D eigenvalue weighted by molar-refractivity contribution is -0.128. The molecule has 0 aliphatic carbocycles. The molecule has 88 valence electrons. The molecule has 0 saturated carbocycles. The fourth-order valence-corrected chi connectivity index (χ4v) is 1.35. The van der Waals surface area contributed by atoms with Crippen LogP contribution in [0.3, 0.4) is 0 Å². The molecule has 0 aliphatic heterocycles. The monoisotopic (exact) mass is 244 g/mol. The minimum Gasteiger partial charge on any atom is -0.383 e. The zero-order chi connectivity index (χ0) is 12.1. The Morgan fingerprint density at radius 2 is 2.19 bits per heavy atom. The number of nitrogens with one attached hydrogen (secondary N) is 1. The molecule has 0 aromatic heterocycles. The number of amides is 1. The van der Waals surface area contributed by atoms with Crippen molar-refractivity contribution in [3.05, 3.63) is 29.0 Å². The van der Waals surface area contributed by atoms with Gasteiger partial charge in [0, 0.05) is 27.1 Å². The van der Waals surface area contributed by atoms with Crippen molar-refractivity contribution < 1.29 is 9.18 Å². The van der Waals surface area contributed by atoms with Gasteiger partial charge in [-0.1, -0.05) is 11.6 Å². The summed E-state index contributed by atoms with van der Waals surface area (Å²) in [5.41, 5.74) is 0.508. The molecule has 0 bridgehead atoms. The highest BCUT2D eigenvalue weighted by Gasteiger charge is 2.05. The Labute approximate surface area is 99.2 Å². The normalized spacial score (nSPS) is 10.0. The van der Waals surface area contributed by atoms with Crippen LogP contribution in [0.5, 0.6) is 0 Å². The molecule has 1 aromatic carbocycles. The van der Waals surface area contributed by atoms with Gasteiger partial charge >= 0.3 is 0 Å². The van der Waals surface area contributed by atoms with E-state index >= 15 is 0 Å². The smallest absolute Gasteiger partial charge is 0.223 e. The Kier molecular flexibility index (Phi) is 4.55. The van der Waals surface area contributed by atoms with Crippen molar-refractivity contribution in [1.82, 2.24) is 4.90 Å². The molecule has 0 atom stereocenters. The number of nitrogens with zero attached hydrogens (tertiary/aromatic N) is 1. The zero-order valence-electron chi connectivity index (χ0n) is 9.26. The second-order valence-corrected chi connectivity index (χ2v) is 4.00. The number of hydrogen-bond acceptors (Lipinski definition) is 2. The maximum atomic E-state index is 12.9. The highest BCUT2D eigenvalue weighted by Crippen LogP contribution is 2.22. The molecule has 0 unspecified atom stereocenters. The van der Waals surface area contributed by atoms with Crippen LogP contribution in [-0.4, -0.2) is 31.4 Å². The summed E-state index contributed by atoms with van der Waals surface area (Å²) in [6.07, 6.45) is 0.347. The van der Waals surface area contributed by atoms with E-state index in [0.29, 0.717) is 23.7 Å². The van der Waals surface area contributed by atoms with Gasteiger partial charge in [0.05, 0.1) is 10.7 Å². The van der Waals surface area contributed by atoms with Crippen LogP contribution >= 0.6 is 11.6 Å². The predicted octanol–water partition coefficient (Wildman–Crippen LogP) is 2.37. The van der Waals surface area contributed by atoms with Crippen LogP contribution in [0, 0.1) is 5.82 Å². The van der Waals surface area contributed by atoms with E-state index in [1.54, 1.807) is 14.1 Å². The molecule has 3 nitrogen and oxygen atoms in total. The first-order valence-corrected chi connectivity index (χ1v) is 5.27. The van der Waals surface area contributed by atoms with Crippen molar-refractivity contribution in [1.29, 1.82) is 0 Å². The van der Waals surface area contributed by atoms with E-state index in [1.165, 1.54) is 23.1 Å². The van der Waals surface area contributed by atoms with E-state index < -0.39 is 0 Å². The third kappa shape index (κ3) is 3.70. The van der Waals surface area contributed by atoms with Gasteiger partial charge < -0.3 is 10.2 Å². The third-order valence-electron chi connectivity index (χ3n) is 2.08. The maximum absolute atomic E-state index is 12.9. The van der Waals surface area contributed by atoms with Crippen molar-refractivity contribution in [2.75, 3.05) is 26.0 Å². The van der Waals surface area contributed by atoms with E-state index in [4.69, 9.17) is 11.6 Å². The molecule has 0 aliphatic rings. The van der Waals surface area contributed by atoms with Crippen LogP contribution in [0.2, 0.25) is 5.02 Å². The maximum Gasteiger partial charge on any atom is 0.223 e.